The lowest BCUT2D eigenvalue weighted by molar-refractivity contribution is 0.471. The highest BCUT2D eigenvalue weighted by molar-refractivity contribution is 5.82. The van der Waals surface area contributed by atoms with E-state index >= 15 is 0 Å². The number of aromatic nitrogens is 8. The van der Waals surface area contributed by atoms with Crippen LogP contribution in [0.25, 0.3) is 16.8 Å². The number of anilines is 1. The zero-order valence-electron chi connectivity index (χ0n) is 16.3. The average molecular weight is 377 g/mol. The van der Waals surface area contributed by atoms with Crippen LogP contribution < -0.4 is 4.90 Å². The molecular formula is C19H23N9. The zero-order chi connectivity index (χ0) is 19.3. The molecule has 28 heavy (non-hydrogen) atoms. The molecule has 9 heteroatoms. The Morgan fingerprint density at radius 3 is 2.64 bits per heavy atom. The second-order valence-corrected chi connectivity index (χ2v) is 8.36. The second kappa shape index (κ2) is 6.22. The fourth-order valence-corrected chi connectivity index (χ4v) is 3.80. The number of imidazole rings is 1. The molecule has 0 unspecified atom stereocenters. The minimum Gasteiger partial charge on any atom is -0.355 e. The van der Waals surface area contributed by atoms with Gasteiger partial charge < -0.3 is 9.88 Å². The molecule has 1 saturated heterocycles. The molecule has 0 bridgehead atoms. The van der Waals surface area contributed by atoms with Crippen LogP contribution in [0.4, 0.5) is 5.82 Å². The monoisotopic (exact) mass is 377 g/mol. The Morgan fingerprint density at radius 2 is 1.86 bits per heavy atom. The van der Waals surface area contributed by atoms with E-state index in [4.69, 9.17) is 5.10 Å². The summed E-state index contributed by atoms with van der Waals surface area (Å²) in [6.45, 7) is 8.29. The molecule has 4 aromatic rings. The van der Waals surface area contributed by atoms with Gasteiger partial charge in [0.15, 0.2) is 22.9 Å². The van der Waals surface area contributed by atoms with Crippen LogP contribution in [0.1, 0.15) is 51.0 Å². The first-order chi connectivity index (χ1) is 13.5. The normalized spacial score (nSPS) is 16.3. The third-order valence-electron chi connectivity index (χ3n) is 5.42. The van der Waals surface area contributed by atoms with E-state index in [9.17, 15) is 0 Å². The highest BCUT2D eigenvalue weighted by atomic mass is 15.4. The van der Waals surface area contributed by atoms with Crippen molar-refractivity contribution in [1.82, 2.24) is 39.7 Å². The first kappa shape index (κ1) is 17.0. The predicted molar refractivity (Wildman–Crippen MR) is 105 cm³/mol. The number of nitrogens with one attached hydrogen (secondary N) is 1. The summed E-state index contributed by atoms with van der Waals surface area (Å²) in [5.41, 5.74) is 3.43. The number of aromatic amines is 1. The van der Waals surface area contributed by atoms with E-state index in [-0.39, 0.29) is 5.41 Å². The van der Waals surface area contributed by atoms with E-state index in [1.165, 1.54) is 0 Å². The Labute approximate surface area is 162 Å². The number of hydrogen-bond acceptors (Lipinski definition) is 7. The van der Waals surface area contributed by atoms with Gasteiger partial charge in [0.05, 0.1) is 12.0 Å². The molecule has 0 aliphatic carbocycles. The molecule has 5 rings (SSSR count). The Kier molecular flexibility index (Phi) is 3.78. The van der Waals surface area contributed by atoms with Crippen molar-refractivity contribution in [3.05, 3.63) is 36.3 Å². The van der Waals surface area contributed by atoms with E-state index in [1.54, 1.807) is 12.7 Å². The molecule has 9 nitrogen and oxygen atoms in total. The van der Waals surface area contributed by atoms with Crippen molar-refractivity contribution in [2.75, 3.05) is 18.0 Å². The molecule has 0 atom stereocenters. The van der Waals surface area contributed by atoms with Crippen molar-refractivity contribution in [3.63, 3.8) is 0 Å². The summed E-state index contributed by atoms with van der Waals surface area (Å²) in [5, 5.41) is 13.6. The van der Waals surface area contributed by atoms with Crippen LogP contribution >= 0.6 is 0 Å². The molecule has 1 fully saturated rings. The van der Waals surface area contributed by atoms with E-state index in [0.717, 1.165) is 54.4 Å². The molecule has 0 aromatic carbocycles. The molecule has 1 aliphatic rings. The lowest BCUT2D eigenvalue weighted by atomic mass is 9.92. The quantitative estimate of drug-likeness (QED) is 0.572. The molecule has 4 aromatic heterocycles. The molecule has 0 radical (unpaired) electrons. The molecule has 5 heterocycles. The summed E-state index contributed by atoms with van der Waals surface area (Å²) >= 11 is 0. The van der Waals surface area contributed by atoms with Gasteiger partial charge >= 0.3 is 0 Å². The van der Waals surface area contributed by atoms with Gasteiger partial charge in [-0.1, -0.05) is 20.8 Å². The van der Waals surface area contributed by atoms with Gasteiger partial charge in [-0.3, -0.25) is 0 Å². The number of rotatable bonds is 2. The number of piperidine rings is 1. The summed E-state index contributed by atoms with van der Waals surface area (Å²) < 4.78 is 1.93. The zero-order valence-corrected chi connectivity index (χ0v) is 16.3. The number of nitrogens with zero attached hydrogens (tertiary/aromatic N) is 8. The van der Waals surface area contributed by atoms with Gasteiger partial charge in [0, 0.05) is 24.4 Å². The smallest absolute Gasteiger partial charge is 0.182 e. The van der Waals surface area contributed by atoms with Gasteiger partial charge in [0.1, 0.15) is 11.8 Å². The number of fused-ring (bicyclic) bond motifs is 2. The van der Waals surface area contributed by atoms with Crippen LogP contribution in [0.2, 0.25) is 0 Å². The molecule has 0 saturated carbocycles. The molecule has 0 spiro atoms. The molecule has 144 valence electrons. The standard InChI is InChI=1S/C19H23N9/c1-19(2,3)13-4-5-14-24-25-17(28(14)26-13)12-6-8-27(9-7-12)18-15-16(21-10-20-15)22-11-23-18/h4-5,10-12H,6-9H2,1-3H3,(H,20,21,22,23). The summed E-state index contributed by atoms with van der Waals surface area (Å²) in [6, 6.07) is 4.05. The summed E-state index contributed by atoms with van der Waals surface area (Å²) in [5.74, 6) is 2.20. The Balaban J connectivity index is 1.40. The van der Waals surface area contributed by atoms with Gasteiger partial charge in [-0.05, 0) is 25.0 Å². The van der Waals surface area contributed by atoms with Crippen LogP contribution in [0.3, 0.4) is 0 Å². The van der Waals surface area contributed by atoms with Crippen molar-refractivity contribution in [3.8, 4) is 0 Å². The number of hydrogen-bond donors (Lipinski definition) is 1. The Hall–Kier alpha value is -3.10. The minimum atomic E-state index is -0.0123. The molecular weight excluding hydrogens is 354 g/mol. The second-order valence-electron chi connectivity index (χ2n) is 8.36. The van der Waals surface area contributed by atoms with Crippen LogP contribution in [-0.2, 0) is 5.41 Å². The fourth-order valence-electron chi connectivity index (χ4n) is 3.80. The van der Waals surface area contributed by atoms with Crippen molar-refractivity contribution in [2.45, 2.75) is 44.9 Å². The minimum absolute atomic E-state index is 0.0123. The van der Waals surface area contributed by atoms with Gasteiger partial charge in [-0.15, -0.1) is 10.2 Å². The molecule has 0 amide bonds. The van der Waals surface area contributed by atoms with Crippen molar-refractivity contribution in [1.29, 1.82) is 0 Å². The maximum atomic E-state index is 4.84. The van der Waals surface area contributed by atoms with E-state index in [1.807, 2.05) is 16.6 Å². The van der Waals surface area contributed by atoms with Crippen LogP contribution in [0.5, 0.6) is 0 Å². The van der Waals surface area contributed by atoms with Crippen LogP contribution in [0.15, 0.2) is 24.8 Å². The SMILES string of the molecule is CC(C)(C)c1ccc2nnc(C3CCN(c4ncnc5nc[nH]c45)CC3)n2n1. The Morgan fingerprint density at radius 1 is 1.04 bits per heavy atom. The molecule has 1 N–H and O–H groups in total. The molecule has 1 aliphatic heterocycles. The topological polar surface area (TPSA) is 101 Å². The Bertz CT molecular complexity index is 1130. The van der Waals surface area contributed by atoms with Crippen LogP contribution in [-0.4, -0.2) is 52.8 Å². The number of H-pyrrole nitrogens is 1. The maximum absolute atomic E-state index is 4.84. The van der Waals surface area contributed by atoms with Gasteiger partial charge in [0.2, 0.25) is 0 Å². The highest BCUT2D eigenvalue weighted by Crippen LogP contribution is 2.31. The maximum Gasteiger partial charge on any atom is 0.182 e. The van der Waals surface area contributed by atoms with E-state index < -0.39 is 0 Å². The highest BCUT2D eigenvalue weighted by Gasteiger charge is 2.27. The first-order valence-electron chi connectivity index (χ1n) is 9.62. The van der Waals surface area contributed by atoms with Crippen molar-refractivity contribution >= 4 is 22.6 Å². The average Bonchev–Trinajstić information content (AvgIpc) is 3.33. The van der Waals surface area contributed by atoms with E-state index in [2.05, 4.69) is 55.8 Å². The van der Waals surface area contributed by atoms with E-state index in [0.29, 0.717) is 11.6 Å². The summed E-state index contributed by atoms with van der Waals surface area (Å²) in [7, 11) is 0. The summed E-state index contributed by atoms with van der Waals surface area (Å²) in [6.07, 6.45) is 5.19. The van der Waals surface area contributed by atoms with Crippen molar-refractivity contribution in [2.24, 2.45) is 0 Å². The lowest BCUT2D eigenvalue weighted by Crippen LogP contribution is -2.34. The first-order valence-corrected chi connectivity index (χ1v) is 9.62. The van der Waals surface area contributed by atoms with Gasteiger partial charge in [0.25, 0.3) is 0 Å². The lowest BCUT2D eigenvalue weighted by Gasteiger charge is -2.32. The largest absolute Gasteiger partial charge is 0.355 e. The predicted octanol–water partition coefficient (Wildman–Crippen LogP) is 2.47. The fraction of sp³-hybridized carbons (Fsp3) is 0.474. The third-order valence-corrected chi connectivity index (χ3v) is 5.42. The van der Waals surface area contributed by atoms with Crippen molar-refractivity contribution < 1.29 is 0 Å². The third kappa shape index (κ3) is 2.78. The summed E-state index contributed by atoms with van der Waals surface area (Å²) in [4.78, 5) is 18.4. The van der Waals surface area contributed by atoms with Gasteiger partial charge in [-0.25, -0.2) is 15.0 Å². The van der Waals surface area contributed by atoms with Gasteiger partial charge in [-0.2, -0.15) is 9.61 Å². The van der Waals surface area contributed by atoms with Crippen LogP contribution in [0, 0.1) is 0 Å².